The fourth-order valence-corrected chi connectivity index (χ4v) is 6.60. The molecule has 2 saturated heterocycles. The summed E-state index contributed by atoms with van der Waals surface area (Å²) in [5.41, 5.74) is 12.9. The third-order valence-electron chi connectivity index (χ3n) is 6.75. The lowest BCUT2D eigenvalue weighted by atomic mass is 10.2. The van der Waals surface area contributed by atoms with Crippen molar-refractivity contribution in [2.24, 2.45) is 0 Å². The van der Waals surface area contributed by atoms with E-state index in [4.69, 9.17) is 34.2 Å². The Morgan fingerprint density at radius 2 is 1.95 bits per heavy atom. The predicted molar refractivity (Wildman–Crippen MR) is 153 cm³/mol. The van der Waals surface area contributed by atoms with Crippen LogP contribution in [0.4, 0.5) is 11.8 Å². The van der Waals surface area contributed by atoms with Gasteiger partial charge in [0.2, 0.25) is 13.5 Å². The fourth-order valence-electron chi connectivity index (χ4n) is 4.88. The van der Waals surface area contributed by atoms with E-state index in [2.05, 4.69) is 46.9 Å². The van der Waals surface area contributed by atoms with Crippen LogP contribution in [0, 0.1) is 0 Å². The van der Waals surface area contributed by atoms with Crippen LogP contribution in [0.25, 0.3) is 22.3 Å². The molecule has 41 heavy (non-hydrogen) atoms. The Morgan fingerprint density at radius 3 is 2.78 bits per heavy atom. The quantitative estimate of drug-likeness (QED) is 0.0524. The van der Waals surface area contributed by atoms with Gasteiger partial charge in [0.25, 0.3) is 5.56 Å². The van der Waals surface area contributed by atoms with Crippen molar-refractivity contribution < 1.29 is 22.7 Å². The van der Waals surface area contributed by atoms with Crippen molar-refractivity contribution in [1.29, 1.82) is 0 Å². The number of aromatic nitrogens is 8. The number of imidazole rings is 2. The highest BCUT2D eigenvalue weighted by molar-refractivity contribution is 8.41. The summed E-state index contributed by atoms with van der Waals surface area (Å²) in [6.07, 6.45) is 4.87. The molecule has 4 unspecified atom stereocenters. The number of nitrogen functional groups attached to an aromatic ring is 2. The second-order valence-electron chi connectivity index (χ2n) is 9.29. The maximum Gasteiger partial charge on any atom is 0.280 e. The number of nitrogens with one attached hydrogen (secondary N) is 2. The third kappa shape index (κ3) is 5.99. The molecule has 6 rings (SSSR count). The molecular formula is C21H28N11O6PS2. The van der Waals surface area contributed by atoms with E-state index in [1.165, 1.54) is 12.7 Å². The molecule has 6 atom stereocenters. The summed E-state index contributed by atoms with van der Waals surface area (Å²) in [4.78, 5) is 35.6. The van der Waals surface area contributed by atoms with Crippen molar-refractivity contribution in [2.45, 2.75) is 50.0 Å². The lowest BCUT2D eigenvalue weighted by molar-refractivity contribution is -0.0202. The van der Waals surface area contributed by atoms with Crippen LogP contribution in [0.5, 0.6) is 0 Å². The Hall–Kier alpha value is -2.61. The van der Waals surface area contributed by atoms with Gasteiger partial charge in [0.05, 0.1) is 50.8 Å². The van der Waals surface area contributed by atoms with Crippen LogP contribution in [-0.2, 0) is 22.7 Å². The zero-order valence-corrected chi connectivity index (χ0v) is 24.3. The molecule has 4 aromatic heterocycles. The number of thiol groups is 1. The molecule has 220 valence electrons. The van der Waals surface area contributed by atoms with Gasteiger partial charge in [-0.3, -0.25) is 18.9 Å². The van der Waals surface area contributed by atoms with E-state index in [1.807, 2.05) is 4.57 Å². The average molecular weight is 626 g/mol. The van der Waals surface area contributed by atoms with Gasteiger partial charge in [0.1, 0.15) is 30.4 Å². The van der Waals surface area contributed by atoms with Crippen LogP contribution in [0.1, 0.15) is 31.7 Å². The first kappa shape index (κ1) is 28.5. The molecule has 0 amide bonds. The van der Waals surface area contributed by atoms with Crippen LogP contribution in [0.2, 0.25) is 0 Å². The van der Waals surface area contributed by atoms with Crippen LogP contribution in [-0.4, -0.2) is 77.6 Å². The molecule has 0 spiro atoms. The zero-order chi connectivity index (χ0) is 28.5. The summed E-state index contributed by atoms with van der Waals surface area (Å²) in [5.74, 6) is 0.319. The van der Waals surface area contributed by atoms with Gasteiger partial charge < -0.3 is 34.2 Å². The van der Waals surface area contributed by atoms with E-state index in [1.54, 1.807) is 18.0 Å². The summed E-state index contributed by atoms with van der Waals surface area (Å²) in [6.45, 7) is 0.727. The molecule has 17 nitrogen and oxygen atoms in total. The van der Waals surface area contributed by atoms with E-state index < -0.39 is 19.4 Å². The van der Waals surface area contributed by atoms with Crippen LogP contribution < -0.4 is 21.7 Å². The van der Waals surface area contributed by atoms with Gasteiger partial charge in [0, 0.05) is 13.0 Å². The molecule has 0 bridgehead atoms. The average Bonchev–Trinajstić information content (AvgIpc) is 3.73. The first-order chi connectivity index (χ1) is 19.9. The van der Waals surface area contributed by atoms with Gasteiger partial charge in [-0.25, -0.2) is 24.7 Å². The molecule has 6 heterocycles. The number of nitrogens with zero attached hydrogens (tertiary/aromatic N) is 7. The van der Waals surface area contributed by atoms with Crippen molar-refractivity contribution in [3.8, 4) is 0 Å². The van der Waals surface area contributed by atoms with E-state index >= 15 is 0 Å². The minimum absolute atomic E-state index is 0.0195. The monoisotopic (exact) mass is 625 g/mol. The second-order valence-corrected chi connectivity index (χ2v) is 12.0. The Labute approximate surface area is 243 Å². The number of hydrogen-bond donors (Lipinski definition) is 5. The van der Waals surface area contributed by atoms with Gasteiger partial charge in [-0.1, -0.05) is 12.2 Å². The van der Waals surface area contributed by atoms with Crippen LogP contribution in [0.15, 0.2) is 23.8 Å². The SMILES string of the molecule is COSNCC1OC(n2cnc3c(N)ncnc32)C[C@@H]1OP(S)OC[C@@H]1CCC(n2cnc3c(=O)[nH]c(N)nc32)O1. The molecule has 2 aliphatic rings. The number of hydrogen-bond acceptors (Lipinski definition) is 16. The minimum Gasteiger partial charge on any atom is -0.382 e. The highest BCUT2D eigenvalue weighted by atomic mass is 32.7. The van der Waals surface area contributed by atoms with E-state index in [-0.39, 0.29) is 42.6 Å². The lowest BCUT2D eigenvalue weighted by Crippen LogP contribution is -2.32. The molecular weight excluding hydrogens is 597 g/mol. The molecule has 20 heteroatoms. The van der Waals surface area contributed by atoms with Crippen LogP contribution in [0.3, 0.4) is 0 Å². The van der Waals surface area contributed by atoms with Gasteiger partial charge in [-0.05, 0) is 12.8 Å². The first-order valence-corrected chi connectivity index (χ1v) is 15.7. The van der Waals surface area contributed by atoms with Gasteiger partial charge >= 0.3 is 0 Å². The van der Waals surface area contributed by atoms with Crippen molar-refractivity contribution >= 4 is 66.1 Å². The molecule has 4 aromatic rings. The van der Waals surface area contributed by atoms with Crippen LogP contribution >= 0.6 is 32.1 Å². The van der Waals surface area contributed by atoms with Crippen molar-refractivity contribution in [3.05, 3.63) is 29.3 Å². The standard InChI is InChI=1S/C21H28N11O6PS2/c1-34-41-28-5-12-11(4-14(37-12)32-8-26-15-17(22)24-7-25-18(15)32)38-39(40)35-6-10-2-3-13(36-10)31-9-27-16-19(31)29-21(23)30-20(16)33/h7-14,28,40H,2-6H2,1H3,(H2,22,24,25)(H3,23,29,30,33)/t10-,11-,12?,13?,14?,39?/m0/s1. The number of ether oxygens (including phenoxy) is 2. The van der Waals surface area contributed by atoms with Crippen molar-refractivity contribution in [1.82, 2.24) is 43.8 Å². The third-order valence-corrected chi connectivity index (χ3v) is 8.65. The summed E-state index contributed by atoms with van der Waals surface area (Å²) >= 11 is 5.69. The highest BCUT2D eigenvalue weighted by Crippen LogP contribution is 2.49. The molecule has 2 aliphatic heterocycles. The Balaban J connectivity index is 1.06. The van der Waals surface area contributed by atoms with E-state index in [0.717, 1.165) is 18.6 Å². The second kappa shape index (κ2) is 12.3. The summed E-state index contributed by atoms with van der Waals surface area (Å²) < 4.78 is 36.3. The Morgan fingerprint density at radius 1 is 1.15 bits per heavy atom. The number of H-pyrrole nitrogens is 1. The van der Waals surface area contributed by atoms with E-state index in [9.17, 15) is 4.79 Å². The number of anilines is 2. The fraction of sp³-hybridized carbons (Fsp3) is 0.524. The predicted octanol–water partition coefficient (Wildman–Crippen LogP) is 1.45. The van der Waals surface area contributed by atoms with Gasteiger partial charge in [-0.15, -0.1) is 0 Å². The topological polar surface area (TPSA) is 217 Å². The number of fused-ring (bicyclic) bond motifs is 2. The molecule has 0 radical (unpaired) electrons. The largest absolute Gasteiger partial charge is 0.382 e. The Bertz CT molecular complexity index is 1570. The van der Waals surface area contributed by atoms with Crippen molar-refractivity contribution in [3.63, 3.8) is 0 Å². The maximum absolute atomic E-state index is 12.1. The smallest absolute Gasteiger partial charge is 0.280 e. The lowest BCUT2D eigenvalue weighted by Gasteiger charge is -2.22. The normalized spacial score (nSPS) is 25.5. The molecule has 0 aromatic carbocycles. The van der Waals surface area contributed by atoms with E-state index in [0.29, 0.717) is 42.0 Å². The molecule has 6 N–H and O–H groups in total. The van der Waals surface area contributed by atoms with Crippen molar-refractivity contribution in [2.75, 3.05) is 31.7 Å². The number of aromatic amines is 1. The maximum atomic E-state index is 12.1. The summed E-state index contributed by atoms with van der Waals surface area (Å²) in [7, 11) is 0.0117. The minimum atomic E-state index is -1.56. The van der Waals surface area contributed by atoms with Gasteiger partial charge in [0.15, 0.2) is 22.6 Å². The summed E-state index contributed by atoms with van der Waals surface area (Å²) in [6, 6.07) is 0. The number of rotatable bonds is 11. The van der Waals surface area contributed by atoms with Gasteiger partial charge in [-0.2, -0.15) is 4.98 Å². The molecule has 2 fully saturated rings. The summed E-state index contributed by atoms with van der Waals surface area (Å²) in [5, 5.41) is 0. The molecule has 0 aliphatic carbocycles. The highest BCUT2D eigenvalue weighted by Gasteiger charge is 2.39. The first-order valence-electron chi connectivity index (χ1n) is 12.6. The number of nitrogens with two attached hydrogens (primary N) is 2. The Kier molecular flexibility index (Phi) is 8.57. The zero-order valence-electron chi connectivity index (χ0n) is 21.7. The molecule has 0 saturated carbocycles.